The number of ether oxygens (including phenoxy) is 2. The van der Waals surface area contributed by atoms with Gasteiger partial charge in [0.15, 0.2) is 0 Å². The molecular weight excluding hydrogens is 318 g/mol. The highest BCUT2D eigenvalue weighted by Gasteiger charge is 2.20. The van der Waals surface area contributed by atoms with E-state index in [-0.39, 0.29) is 5.91 Å². The van der Waals surface area contributed by atoms with Crippen molar-refractivity contribution in [2.75, 3.05) is 33.4 Å². The number of morpholine rings is 1. The summed E-state index contributed by atoms with van der Waals surface area (Å²) < 4.78 is 16.8. The van der Waals surface area contributed by atoms with Crippen LogP contribution in [0.4, 0.5) is 0 Å². The number of aryl methyl sites for hydroxylation is 3. The molecule has 0 aliphatic carbocycles. The lowest BCUT2D eigenvalue weighted by atomic mass is 9.98. The van der Waals surface area contributed by atoms with E-state index in [1.54, 1.807) is 13.2 Å². The molecule has 5 heteroatoms. The molecule has 0 atom stereocenters. The van der Waals surface area contributed by atoms with E-state index >= 15 is 0 Å². The minimum Gasteiger partial charge on any atom is -0.496 e. The zero-order valence-electron chi connectivity index (χ0n) is 15.6. The first-order valence-corrected chi connectivity index (χ1v) is 8.56. The molecule has 2 heterocycles. The Labute approximate surface area is 148 Å². The van der Waals surface area contributed by atoms with Gasteiger partial charge in [-0.2, -0.15) is 0 Å². The van der Waals surface area contributed by atoms with Crippen molar-refractivity contribution < 1.29 is 18.7 Å². The van der Waals surface area contributed by atoms with Gasteiger partial charge in [-0.25, -0.2) is 0 Å². The third-order valence-electron chi connectivity index (χ3n) is 4.94. The molecule has 1 aliphatic heterocycles. The van der Waals surface area contributed by atoms with Gasteiger partial charge in [-0.1, -0.05) is 0 Å². The highest BCUT2D eigenvalue weighted by molar-refractivity contribution is 5.98. The van der Waals surface area contributed by atoms with E-state index in [2.05, 4.69) is 13.0 Å². The second-order valence-electron chi connectivity index (χ2n) is 6.51. The number of allylic oxidation sites excluding steroid dienone is 1. The predicted octanol–water partition coefficient (Wildman–Crippen LogP) is 3.63. The van der Waals surface area contributed by atoms with Gasteiger partial charge in [0.25, 0.3) is 0 Å². The van der Waals surface area contributed by atoms with Gasteiger partial charge < -0.3 is 18.8 Å². The molecule has 1 aliphatic rings. The number of carbonyl (C=O) groups is 1. The number of benzene rings is 1. The molecule has 0 bridgehead atoms. The molecule has 1 aromatic carbocycles. The van der Waals surface area contributed by atoms with E-state index in [4.69, 9.17) is 13.9 Å². The van der Waals surface area contributed by atoms with Crippen molar-refractivity contribution >= 4 is 22.4 Å². The Morgan fingerprint density at radius 3 is 2.52 bits per heavy atom. The van der Waals surface area contributed by atoms with Gasteiger partial charge in [0, 0.05) is 35.7 Å². The van der Waals surface area contributed by atoms with E-state index < -0.39 is 0 Å². The van der Waals surface area contributed by atoms with E-state index in [1.165, 1.54) is 0 Å². The zero-order chi connectivity index (χ0) is 18.1. The molecule has 5 nitrogen and oxygen atoms in total. The first kappa shape index (κ1) is 17.5. The molecule has 0 unspecified atom stereocenters. The number of methoxy groups -OCH3 is 1. The molecule has 0 saturated carbocycles. The maximum absolute atomic E-state index is 12.5. The van der Waals surface area contributed by atoms with Crippen LogP contribution in [0.1, 0.15) is 29.4 Å². The minimum absolute atomic E-state index is 0.0145. The molecule has 3 rings (SSSR count). The predicted molar refractivity (Wildman–Crippen MR) is 98.0 cm³/mol. The molecule has 1 aromatic heterocycles. The van der Waals surface area contributed by atoms with Crippen LogP contribution in [0.15, 0.2) is 16.6 Å². The van der Waals surface area contributed by atoms with Gasteiger partial charge in [0.05, 0.1) is 20.3 Å². The number of nitrogens with zero attached hydrogens (tertiary/aromatic N) is 1. The lowest BCUT2D eigenvalue weighted by molar-refractivity contribution is -0.129. The molecule has 0 radical (unpaired) electrons. The molecule has 1 fully saturated rings. The van der Waals surface area contributed by atoms with Crippen molar-refractivity contribution in [1.29, 1.82) is 0 Å². The fraction of sp³-hybridized carbons (Fsp3) is 0.450. The smallest absolute Gasteiger partial charge is 0.247 e. The van der Waals surface area contributed by atoms with Crippen LogP contribution >= 0.6 is 0 Å². The Bertz CT molecular complexity index is 841. The van der Waals surface area contributed by atoms with Crippen LogP contribution in [0.3, 0.4) is 0 Å². The molecule has 2 aromatic rings. The van der Waals surface area contributed by atoms with Gasteiger partial charge in [0.1, 0.15) is 17.1 Å². The van der Waals surface area contributed by atoms with Crippen LogP contribution in [-0.2, 0) is 9.53 Å². The molecule has 1 saturated heterocycles. The third kappa shape index (κ3) is 3.16. The Morgan fingerprint density at radius 1 is 1.20 bits per heavy atom. The number of hydrogen-bond donors (Lipinski definition) is 0. The van der Waals surface area contributed by atoms with Crippen molar-refractivity contribution in [1.82, 2.24) is 4.90 Å². The quantitative estimate of drug-likeness (QED) is 0.799. The van der Waals surface area contributed by atoms with Crippen LogP contribution in [0.5, 0.6) is 5.75 Å². The summed E-state index contributed by atoms with van der Waals surface area (Å²) >= 11 is 0. The number of fused-ring (bicyclic) bond motifs is 1. The molecular formula is C20H25NO4. The zero-order valence-corrected chi connectivity index (χ0v) is 15.6. The SMILES string of the molecule is COc1c(/C(C)=C/C(=O)N2CCOCC2)cc2c(C)c(C)oc2c1C. The van der Waals surface area contributed by atoms with Gasteiger partial charge in [0.2, 0.25) is 5.91 Å². The van der Waals surface area contributed by atoms with Crippen LogP contribution in [-0.4, -0.2) is 44.2 Å². The van der Waals surface area contributed by atoms with Gasteiger partial charge in [-0.05, 0) is 44.9 Å². The van der Waals surface area contributed by atoms with Crippen molar-refractivity contribution in [2.45, 2.75) is 27.7 Å². The highest BCUT2D eigenvalue weighted by atomic mass is 16.5. The summed E-state index contributed by atoms with van der Waals surface area (Å²) in [6.45, 7) is 10.4. The van der Waals surface area contributed by atoms with Gasteiger partial charge in [-0.3, -0.25) is 4.79 Å². The van der Waals surface area contributed by atoms with Crippen LogP contribution in [0, 0.1) is 20.8 Å². The Kier molecular flexibility index (Phi) is 4.86. The summed E-state index contributed by atoms with van der Waals surface area (Å²) in [5.74, 6) is 1.67. The fourth-order valence-electron chi connectivity index (χ4n) is 3.31. The number of rotatable bonds is 3. The molecule has 134 valence electrons. The Balaban J connectivity index is 2.05. The molecule has 0 spiro atoms. The van der Waals surface area contributed by atoms with E-state index in [0.717, 1.165) is 44.7 Å². The van der Waals surface area contributed by atoms with E-state index in [0.29, 0.717) is 26.3 Å². The second kappa shape index (κ2) is 6.92. The van der Waals surface area contributed by atoms with Crippen molar-refractivity contribution in [3.8, 4) is 5.75 Å². The Morgan fingerprint density at radius 2 is 1.88 bits per heavy atom. The van der Waals surface area contributed by atoms with Crippen molar-refractivity contribution in [2.24, 2.45) is 0 Å². The van der Waals surface area contributed by atoms with E-state index in [1.807, 2.05) is 25.7 Å². The number of amides is 1. The van der Waals surface area contributed by atoms with Crippen LogP contribution in [0.2, 0.25) is 0 Å². The van der Waals surface area contributed by atoms with Gasteiger partial charge in [-0.15, -0.1) is 0 Å². The lowest BCUT2D eigenvalue weighted by Crippen LogP contribution is -2.39. The first-order valence-electron chi connectivity index (χ1n) is 8.56. The summed E-state index contributed by atoms with van der Waals surface area (Å²) in [6.07, 6.45) is 1.69. The largest absolute Gasteiger partial charge is 0.496 e. The third-order valence-corrected chi connectivity index (χ3v) is 4.94. The maximum atomic E-state index is 12.5. The summed E-state index contributed by atoms with van der Waals surface area (Å²) in [7, 11) is 1.65. The topological polar surface area (TPSA) is 51.9 Å². The standard InChI is InChI=1S/C20H25NO4/c1-12(10-18(22)21-6-8-24-9-7-21)16-11-17-13(2)15(4)25-20(17)14(3)19(16)23-5/h10-11H,6-9H2,1-5H3/b12-10+. The minimum atomic E-state index is 0.0145. The fourth-order valence-corrected chi connectivity index (χ4v) is 3.31. The molecule has 1 amide bonds. The Hall–Kier alpha value is -2.27. The summed E-state index contributed by atoms with van der Waals surface area (Å²) in [5, 5.41) is 1.07. The summed E-state index contributed by atoms with van der Waals surface area (Å²) in [4.78, 5) is 14.4. The number of furan rings is 1. The van der Waals surface area contributed by atoms with Gasteiger partial charge >= 0.3 is 0 Å². The maximum Gasteiger partial charge on any atom is 0.247 e. The number of carbonyl (C=O) groups excluding carboxylic acids is 1. The van der Waals surface area contributed by atoms with Crippen LogP contribution < -0.4 is 4.74 Å². The number of hydrogen-bond acceptors (Lipinski definition) is 4. The highest BCUT2D eigenvalue weighted by Crippen LogP contribution is 2.38. The first-order chi connectivity index (χ1) is 11.9. The average Bonchev–Trinajstić information content (AvgIpc) is 2.90. The summed E-state index contributed by atoms with van der Waals surface area (Å²) in [6, 6.07) is 2.06. The monoisotopic (exact) mass is 343 g/mol. The van der Waals surface area contributed by atoms with Crippen molar-refractivity contribution in [3.05, 3.63) is 34.6 Å². The van der Waals surface area contributed by atoms with E-state index in [9.17, 15) is 4.79 Å². The second-order valence-corrected chi connectivity index (χ2v) is 6.51. The molecule has 25 heavy (non-hydrogen) atoms. The normalized spacial score (nSPS) is 15.7. The lowest BCUT2D eigenvalue weighted by Gasteiger charge is -2.26. The van der Waals surface area contributed by atoms with Crippen LogP contribution in [0.25, 0.3) is 16.5 Å². The molecule has 0 N–H and O–H groups in total. The van der Waals surface area contributed by atoms with Crippen molar-refractivity contribution in [3.63, 3.8) is 0 Å². The average molecular weight is 343 g/mol. The summed E-state index contributed by atoms with van der Waals surface area (Å²) in [5.41, 5.74) is 4.74.